The van der Waals surface area contributed by atoms with Crippen LogP contribution in [-0.4, -0.2) is 37.1 Å². The second-order valence-electron chi connectivity index (χ2n) is 6.77. The fourth-order valence-electron chi connectivity index (χ4n) is 2.73. The molecule has 2 aromatic carbocycles. The number of rotatable bonds is 7. The maximum absolute atomic E-state index is 12.6. The lowest BCUT2D eigenvalue weighted by Gasteiger charge is -2.20. The first-order chi connectivity index (χ1) is 14.0. The highest BCUT2D eigenvalue weighted by atomic mass is 32.2. The molecule has 1 atom stereocenters. The first-order valence-corrected chi connectivity index (χ1v) is 10.4. The van der Waals surface area contributed by atoms with E-state index in [1.807, 2.05) is 44.4 Å². The molecule has 1 aliphatic rings. The highest BCUT2D eigenvalue weighted by molar-refractivity contribution is 7.98. The number of carbonyl (C=O) groups excluding carboxylic acids is 2. The second-order valence-corrected chi connectivity index (χ2v) is 7.65. The fourth-order valence-corrected chi connectivity index (χ4v) is 3.14. The Bertz CT molecular complexity index is 913. The molecule has 8 heteroatoms. The molecule has 2 amide bonds. The van der Waals surface area contributed by atoms with Crippen LogP contribution >= 0.6 is 11.8 Å². The van der Waals surface area contributed by atoms with Crippen LogP contribution in [0, 0.1) is 5.92 Å². The predicted octanol–water partition coefficient (Wildman–Crippen LogP) is 3.04. The van der Waals surface area contributed by atoms with Crippen LogP contribution in [0.25, 0.3) is 0 Å². The number of amides is 2. The van der Waals surface area contributed by atoms with Gasteiger partial charge in [-0.1, -0.05) is 26.0 Å². The average molecular weight is 413 g/mol. The van der Waals surface area contributed by atoms with Gasteiger partial charge in [0.2, 0.25) is 6.79 Å². The van der Waals surface area contributed by atoms with Gasteiger partial charge in [0.15, 0.2) is 11.5 Å². The summed E-state index contributed by atoms with van der Waals surface area (Å²) >= 11 is 1.65. The van der Waals surface area contributed by atoms with Gasteiger partial charge in [-0.25, -0.2) is 5.43 Å². The summed E-state index contributed by atoms with van der Waals surface area (Å²) < 4.78 is 10.5. The topological polar surface area (TPSA) is 89.0 Å². The van der Waals surface area contributed by atoms with Crippen molar-refractivity contribution in [3.8, 4) is 11.5 Å². The predicted molar refractivity (Wildman–Crippen MR) is 113 cm³/mol. The van der Waals surface area contributed by atoms with Crippen molar-refractivity contribution in [2.75, 3.05) is 13.0 Å². The van der Waals surface area contributed by atoms with E-state index in [4.69, 9.17) is 9.47 Å². The SMILES string of the molecule is CSc1ccc(/C=N/NC(=O)C(NC(=O)c2ccc3c(c2)OCO3)C(C)C)cc1. The van der Waals surface area contributed by atoms with E-state index in [1.165, 1.54) is 0 Å². The number of nitrogens with one attached hydrogen (secondary N) is 2. The largest absolute Gasteiger partial charge is 0.454 e. The Morgan fingerprint density at radius 2 is 1.83 bits per heavy atom. The van der Waals surface area contributed by atoms with Gasteiger partial charge < -0.3 is 14.8 Å². The number of fused-ring (bicyclic) bond motifs is 1. The second kappa shape index (κ2) is 9.47. The zero-order valence-electron chi connectivity index (χ0n) is 16.5. The summed E-state index contributed by atoms with van der Waals surface area (Å²) in [5.41, 5.74) is 3.77. The Hall–Kier alpha value is -3.00. The van der Waals surface area contributed by atoms with E-state index in [0.29, 0.717) is 17.1 Å². The monoisotopic (exact) mass is 413 g/mol. The van der Waals surface area contributed by atoms with Crippen molar-refractivity contribution in [1.82, 2.24) is 10.7 Å². The Balaban J connectivity index is 1.61. The third-order valence-electron chi connectivity index (χ3n) is 4.37. The number of hydrazone groups is 1. The molecule has 0 bridgehead atoms. The van der Waals surface area contributed by atoms with Crippen molar-refractivity contribution in [1.29, 1.82) is 0 Å². The summed E-state index contributed by atoms with van der Waals surface area (Å²) in [7, 11) is 0. The van der Waals surface area contributed by atoms with Crippen molar-refractivity contribution < 1.29 is 19.1 Å². The molecule has 1 unspecified atom stereocenters. The van der Waals surface area contributed by atoms with Crippen LogP contribution in [0.2, 0.25) is 0 Å². The van der Waals surface area contributed by atoms with Crippen molar-refractivity contribution in [3.05, 3.63) is 53.6 Å². The van der Waals surface area contributed by atoms with Crippen molar-refractivity contribution >= 4 is 29.8 Å². The molecule has 1 heterocycles. The number of carbonyl (C=O) groups is 2. The Morgan fingerprint density at radius 3 is 2.52 bits per heavy atom. The van der Waals surface area contributed by atoms with Gasteiger partial charge in [0.25, 0.3) is 11.8 Å². The van der Waals surface area contributed by atoms with Crippen LogP contribution in [-0.2, 0) is 4.79 Å². The molecule has 0 radical (unpaired) electrons. The number of nitrogens with zero attached hydrogens (tertiary/aromatic N) is 1. The molecule has 29 heavy (non-hydrogen) atoms. The van der Waals surface area contributed by atoms with Gasteiger partial charge in [-0.15, -0.1) is 11.8 Å². The van der Waals surface area contributed by atoms with Gasteiger partial charge in [0.05, 0.1) is 6.21 Å². The zero-order valence-corrected chi connectivity index (χ0v) is 17.3. The highest BCUT2D eigenvalue weighted by Gasteiger charge is 2.25. The van der Waals surface area contributed by atoms with E-state index in [9.17, 15) is 9.59 Å². The summed E-state index contributed by atoms with van der Waals surface area (Å²) in [5, 5.41) is 6.77. The van der Waals surface area contributed by atoms with Crippen LogP contribution in [0.15, 0.2) is 52.5 Å². The third kappa shape index (κ3) is 5.29. The van der Waals surface area contributed by atoms with Crippen LogP contribution in [0.3, 0.4) is 0 Å². The van der Waals surface area contributed by atoms with E-state index in [0.717, 1.165) is 10.5 Å². The first-order valence-electron chi connectivity index (χ1n) is 9.15. The molecule has 0 aliphatic carbocycles. The third-order valence-corrected chi connectivity index (χ3v) is 5.12. The van der Waals surface area contributed by atoms with Crippen LogP contribution in [0.5, 0.6) is 11.5 Å². The fraction of sp³-hybridized carbons (Fsp3) is 0.286. The molecule has 0 spiro atoms. The molecule has 7 nitrogen and oxygen atoms in total. The molecule has 1 aliphatic heterocycles. The number of ether oxygens (including phenoxy) is 2. The van der Waals surface area contributed by atoms with Gasteiger partial charge >= 0.3 is 0 Å². The highest BCUT2D eigenvalue weighted by Crippen LogP contribution is 2.32. The van der Waals surface area contributed by atoms with E-state index in [-0.39, 0.29) is 24.5 Å². The van der Waals surface area contributed by atoms with Crippen molar-refractivity contribution in [2.45, 2.75) is 24.8 Å². The molecule has 0 saturated carbocycles. The summed E-state index contributed by atoms with van der Waals surface area (Å²) in [6.45, 7) is 3.85. The molecular weight excluding hydrogens is 390 g/mol. The lowest BCUT2D eigenvalue weighted by Crippen LogP contribution is -2.48. The molecule has 0 aromatic heterocycles. The Morgan fingerprint density at radius 1 is 1.10 bits per heavy atom. The van der Waals surface area contributed by atoms with Gasteiger partial charge in [-0.2, -0.15) is 5.10 Å². The van der Waals surface area contributed by atoms with E-state index in [1.54, 1.807) is 36.2 Å². The van der Waals surface area contributed by atoms with Crippen LogP contribution in [0.1, 0.15) is 29.8 Å². The van der Waals surface area contributed by atoms with Gasteiger partial charge in [0.1, 0.15) is 6.04 Å². The molecule has 0 saturated heterocycles. The first kappa shape index (κ1) is 20.7. The molecule has 152 valence electrons. The maximum atomic E-state index is 12.6. The van der Waals surface area contributed by atoms with Crippen LogP contribution in [0.4, 0.5) is 0 Å². The lowest BCUT2D eigenvalue weighted by atomic mass is 10.0. The Kier molecular flexibility index (Phi) is 6.77. The molecule has 3 rings (SSSR count). The number of hydrogen-bond donors (Lipinski definition) is 2. The standard InChI is InChI=1S/C21H23N3O4S/c1-13(2)19(21(26)24-22-11-14-4-7-16(29-3)8-5-14)23-20(25)15-6-9-17-18(10-15)28-12-27-17/h4-11,13,19H,12H2,1-3H3,(H,23,25)(H,24,26)/b22-11+. The molecule has 0 fully saturated rings. The van der Waals surface area contributed by atoms with Gasteiger partial charge in [-0.3, -0.25) is 9.59 Å². The van der Waals surface area contributed by atoms with Crippen molar-refractivity contribution in [2.24, 2.45) is 11.0 Å². The summed E-state index contributed by atoms with van der Waals surface area (Å²) in [4.78, 5) is 26.3. The van der Waals surface area contributed by atoms with E-state index >= 15 is 0 Å². The average Bonchev–Trinajstić information content (AvgIpc) is 3.19. The number of hydrogen-bond acceptors (Lipinski definition) is 6. The molecule has 2 N–H and O–H groups in total. The zero-order chi connectivity index (χ0) is 20.8. The number of benzene rings is 2. The summed E-state index contributed by atoms with van der Waals surface area (Å²) in [6, 6.07) is 12.0. The quantitative estimate of drug-likeness (QED) is 0.414. The van der Waals surface area contributed by atoms with E-state index in [2.05, 4.69) is 15.8 Å². The summed E-state index contributed by atoms with van der Waals surface area (Å²) in [5.74, 6) is 0.240. The number of thioether (sulfide) groups is 1. The van der Waals surface area contributed by atoms with E-state index < -0.39 is 6.04 Å². The smallest absolute Gasteiger partial charge is 0.262 e. The maximum Gasteiger partial charge on any atom is 0.262 e. The summed E-state index contributed by atoms with van der Waals surface area (Å²) in [6.07, 6.45) is 3.58. The minimum Gasteiger partial charge on any atom is -0.454 e. The van der Waals surface area contributed by atoms with Crippen molar-refractivity contribution in [3.63, 3.8) is 0 Å². The van der Waals surface area contributed by atoms with Crippen LogP contribution < -0.4 is 20.2 Å². The Labute approximate surface area is 173 Å². The molecule has 2 aromatic rings. The molecular formula is C21H23N3O4S. The van der Waals surface area contributed by atoms with Gasteiger partial charge in [0, 0.05) is 10.5 Å². The minimum absolute atomic E-state index is 0.121. The van der Waals surface area contributed by atoms with Gasteiger partial charge in [-0.05, 0) is 48.1 Å². The lowest BCUT2D eigenvalue weighted by molar-refractivity contribution is -0.123. The normalized spacial score (nSPS) is 13.5. The minimum atomic E-state index is -0.732.